The van der Waals surface area contributed by atoms with E-state index in [0.717, 1.165) is 29.8 Å². The van der Waals surface area contributed by atoms with Crippen LogP contribution in [0, 0.1) is 0 Å². The molecule has 4 amide bonds. The summed E-state index contributed by atoms with van der Waals surface area (Å²) in [5.74, 6) is -1.37. The van der Waals surface area contributed by atoms with Crippen molar-refractivity contribution in [3.63, 3.8) is 0 Å². The molecule has 0 radical (unpaired) electrons. The molecule has 1 aromatic rings. The first-order valence-corrected chi connectivity index (χ1v) is 10.6. The van der Waals surface area contributed by atoms with Crippen LogP contribution in [0.2, 0.25) is 0 Å². The Labute approximate surface area is 182 Å². The average Bonchev–Trinajstić information content (AvgIpc) is 2.96. The Morgan fingerprint density at radius 1 is 1.16 bits per heavy atom. The Balaban J connectivity index is 1.47. The Morgan fingerprint density at radius 3 is 2.42 bits per heavy atom. The van der Waals surface area contributed by atoms with E-state index in [0.29, 0.717) is 18.5 Å². The van der Waals surface area contributed by atoms with Gasteiger partial charge in [-0.25, -0.2) is 4.79 Å². The number of esters is 1. The zero-order valence-corrected chi connectivity index (χ0v) is 18.3. The van der Waals surface area contributed by atoms with Crippen molar-refractivity contribution < 1.29 is 23.9 Å². The minimum atomic E-state index is -1.01. The minimum absolute atomic E-state index is 0.0639. The monoisotopic (exact) mass is 430 g/mol. The molecule has 0 aromatic heterocycles. The number of amides is 4. The lowest BCUT2D eigenvalue weighted by atomic mass is 9.82. The number of hydrogen-bond donors (Lipinski definition) is 2. The van der Waals surface area contributed by atoms with Crippen LogP contribution < -0.4 is 15.5 Å². The van der Waals surface area contributed by atoms with Crippen LogP contribution in [0.25, 0.3) is 0 Å². The lowest BCUT2D eigenvalue weighted by molar-refractivity contribution is -0.153. The molecule has 1 saturated heterocycles. The standard InChI is InChI=1S/C22H30N4O5/c1-15(19(28)23-16-7-9-17(10-8-16)25(2)3)31-18(27)11-14-26-20(29)22(24-21(26)30)12-5-4-6-13-22/h7-10,15H,4-6,11-14H2,1-3H3,(H,23,28)(H,24,30). The number of benzene rings is 1. The van der Waals surface area contributed by atoms with E-state index < -0.39 is 29.6 Å². The third-order valence-electron chi connectivity index (χ3n) is 5.82. The number of rotatable bonds is 7. The fraction of sp³-hybridized carbons (Fsp3) is 0.545. The van der Waals surface area contributed by atoms with Gasteiger partial charge in [-0.2, -0.15) is 0 Å². The van der Waals surface area contributed by atoms with Crippen LogP contribution >= 0.6 is 0 Å². The molecule has 1 aromatic carbocycles. The molecule has 31 heavy (non-hydrogen) atoms. The highest BCUT2D eigenvalue weighted by Crippen LogP contribution is 2.33. The number of carbonyl (C=O) groups is 4. The van der Waals surface area contributed by atoms with Gasteiger partial charge in [-0.05, 0) is 44.0 Å². The summed E-state index contributed by atoms with van der Waals surface area (Å²) in [6, 6.07) is 6.79. The van der Waals surface area contributed by atoms with Crippen molar-refractivity contribution in [1.82, 2.24) is 10.2 Å². The van der Waals surface area contributed by atoms with Gasteiger partial charge in [0, 0.05) is 32.0 Å². The van der Waals surface area contributed by atoms with E-state index in [1.54, 1.807) is 12.1 Å². The van der Waals surface area contributed by atoms with Crippen molar-refractivity contribution in [2.75, 3.05) is 30.9 Å². The highest BCUT2D eigenvalue weighted by atomic mass is 16.5. The van der Waals surface area contributed by atoms with Crippen molar-refractivity contribution >= 4 is 35.2 Å². The maximum atomic E-state index is 12.7. The molecule has 9 heteroatoms. The molecule has 1 unspecified atom stereocenters. The fourth-order valence-electron chi connectivity index (χ4n) is 3.97. The zero-order chi connectivity index (χ0) is 22.6. The van der Waals surface area contributed by atoms with E-state index in [4.69, 9.17) is 4.74 Å². The number of ether oxygens (including phenoxy) is 1. The van der Waals surface area contributed by atoms with Gasteiger partial charge >= 0.3 is 12.0 Å². The molecule has 2 aliphatic rings. The van der Waals surface area contributed by atoms with Crippen LogP contribution in [-0.4, -0.2) is 61.0 Å². The van der Waals surface area contributed by atoms with E-state index >= 15 is 0 Å². The third kappa shape index (κ3) is 5.15. The van der Waals surface area contributed by atoms with Crippen molar-refractivity contribution in [2.45, 2.75) is 57.1 Å². The number of nitrogens with zero attached hydrogens (tertiary/aromatic N) is 2. The first-order chi connectivity index (χ1) is 14.7. The van der Waals surface area contributed by atoms with Crippen LogP contribution in [0.1, 0.15) is 45.4 Å². The first-order valence-electron chi connectivity index (χ1n) is 10.6. The van der Waals surface area contributed by atoms with Gasteiger partial charge in [-0.1, -0.05) is 19.3 Å². The second-order valence-corrected chi connectivity index (χ2v) is 8.34. The van der Waals surface area contributed by atoms with E-state index in [2.05, 4.69) is 10.6 Å². The molecule has 1 saturated carbocycles. The lowest BCUT2D eigenvalue weighted by Gasteiger charge is -2.30. The summed E-state index contributed by atoms with van der Waals surface area (Å²) in [5, 5.41) is 5.51. The largest absolute Gasteiger partial charge is 0.452 e. The smallest absolute Gasteiger partial charge is 0.325 e. The Morgan fingerprint density at radius 2 is 1.81 bits per heavy atom. The quantitative estimate of drug-likeness (QED) is 0.508. The van der Waals surface area contributed by atoms with Gasteiger partial charge in [-0.3, -0.25) is 19.3 Å². The van der Waals surface area contributed by atoms with Crippen molar-refractivity contribution in [1.29, 1.82) is 0 Å². The SMILES string of the molecule is CC(OC(=O)CCN1C(=O)NC2(CCCCC2)C1=O)C(=O)Nc1ccc(N(C)C)cc1. The Hall–Kier alpha value is -3.10. The molecule has 1 heterocycles. The second-order valence-electron chi connectivity index (χ2n) is 8.34. The van der Waals surface area contributed by atoms with E-state index in [1.165, 1.54) is 6.92 Å². The summed E-state index contributed by atoms with van der Waals surface area (Å²) in [6.07, 6.45) is 2.94. The van der Waals surface area contributed by atoms with Crippen LogP contribution in [0.15, 0.2) is 24.3 Å². The van der Waals surface area contributed by atoms with Crippen molar-refractivity contribution in [3.05, 3.63) is 24.3 Å². The second kappa shape index (κ2) is 9.36. The molecular formula is C22H30N4O5. The summed E-state index contributed by atoms with van der Waals surface area (Å²) in [6.45, 7) is 1.41. The minimum Gasteiger partial charge on any atom is -0.452 e. The highest BCUT2D eigenvalue weighted by molar-refractivity contribution is 6.07. The van der Waals surface area contributed by atoms with E-state index in [1.807, 2.05) is 31.1 Å². The number of anilines is 2. The van der Waals surface area contributed by atoms with E-state index in [-0.39, 0.29) is 18.9 Å². The molecule has 1 atom stereocenters. The molecule has 2 N–H and O–H groups in total. The number of hydrogen-bond acceptors (Lipinski definition) is 6. The molecule has 3 rings (SSSR count). The normalized spacial score (nSPS) is 18.5. The summed E-state index contributed by atoms with van der Waals surface area (Å²) in [7, 11) is 3.84. The summed E-state index contributed by atoms with van der Waals surface area (Å²) >= 11 is 0. The summed E-state index contributed by atoms with van der Waals surface area (Å²) in [5.41, 5.74) is 0.776. The lowest BCUT2D eigenvalue weighted by Crippen LogP contribution is -2.48. The van der Waals surface area contributed by atoms with Crippen molar-refractivity contribution in [3.8, 4) is 0 Å². The molecule has 0 bridgehead atoms. The van der Waals surface area contributed by atoms with Gasteiger partial charge in [0.05, 0.1) is 6.42 Å². The predicted octanol–water partition coefficient (Wildman–Crippen LogP) is 2.27. The van der Waals surface area contributed by atoms with Gasteiger partial charge < -0.3 is 20.3 Å². The number of imide groups is 1. The van der Waals surface area contributed by atoms with Crippen LogP contribution in [-0.2, 0) is 19.1 Å². The average molecular weight is 431 g/mol. The Kier molecular flexibility index (Phi) is 6.82. The van der Waals surface area contributed by atoms with Gasteiger partial charge in [0.1, 0.15) is 5.54 Å². The van der Waals surface area contributed by atoms with Gasteiger partial charge in [0.2, 0.25) is 0 Å². The number of urea groups is 1. The fourth-order valence-corrected chi connectivity index (χ4v) is 3.97. The summed E-state index contributed by atoms with van der Waals surface area (Å²) < 4.78 is 5.18. The molecule has 1 aliphatic carbocycles. The Bertz CT molecular complexity index is 846. The van der Waals surface area contributed by atoms with Gasteiger partial charge in [0.25, 0.3) is 11.8 Å². The maximum absolute atomic E-state index is 12.7. The van der Waals surface area contributed by atoms with E-state index in [9.17, 15) is 19.2 Å². The highest BCUT2D eigenvalue weighted by Gasteiger charge is 2.51. The van der Waals surface area contributed by atoms with Crippen molar-refractivity contribution in [2.24, 2.45) is 0 Å². The molecule has 168 valence electrons. The number of nitrogens with one attached hydrogen (secondary N) is 2. The molecule has 1 aliphatic heterocycles. The van der Waals surface area contributed by atoms with Crippen LogP contribution in [0.3, 0.4) is 0 Å². The third-order valence-corrected chi connectivity index (χ3v) is 5.82. The van der Waals surface area contributed by atoms with Gasteiger partial charge in [-0.15, -0.1) is 0 Å². The predicted molar refractivity (Wildman–Crippen MR) is 116 cm³/mol. The zero-order valence-electron chi connectivity index (χ0n) is 18.3. The molecule has 2 fully saturated rings. The first kappa shape index (κ1) is 22.6. The molecule has 1 spiro atoms. The molecule has 9 nitrogen and oxygen atoms in total. The molecular weight excluding hydrogens is 400 g/mol. The van der Waals surface area contributed by atoms with Crippen LogP contribution in [0.5, 0.6) is 0 Å². The summed E-state index contributed by atoms with van der Waals surface area (Å²) in [4.78, 5) is 52.5. The van der Waals surface area contributed by atoms with Gasteiger partial charge in [0.15, 0.2) is 6.10 Å². The van der Waals surface area contributed by atoms with Crippen LogP contribution in [0.4, 0.5) is 16.2 Å². The number of carbonyl (C=O) groups excluding carboxylic acids is 4. The topological polar surface area (TPSA) is 108 Å². The maximum Gasteiger partial charge on any atom is 0.325 e.